The largest absolute Gasteiger partial charge is 0.455 e. The molecule has 0 bridgehead atoms. The number of para-hydroxylation sites is 2. The van der Waals surface area contributed by atoms with Crippen molar-refractivity contribution in [1.82, 2.24) is 10.6 Å². The van der Waals surface area contributed by atoms with Crippen LogP contribution in [0.1, 0.15) is 36.8 Å². The van der Waals surface area contributed by atoms with Gasteiger partial charge in [0.25, 0.3) is 0 Å². The summed E-state index contributed by atoms with van der Waals surface area (Å²) in [4.78, 5) is 11.4. The van der Waals surface area contributed by atoms with Crippen LogP contribution in [0.5, 0.6) is 11.5 Å². The maximum atomic E-state index is 12.1. The van der Waals surface area contributed by atoms with Gasteiger partial charge in [0.15, 0.2) is 5.75 Å². The van der Waals surface area contributed by atoms with Crippen LogP contribution in [0, 0.1) is 12.8 Å². The van der Waals surface area contributed by atoms with E-state index < -0.39 is 11.7 Å². The summed E-state index contributed by atoms with van der Waals surface area (Å²) in [6.45, 7) is 4.03. The van der Waals surface area contributed by atoms with Crippen molar-refractivity contribution < 1.29 is 19.4 Å². The summed E-state index contributed by atoms with van der Waals surface area (Å²) < 4.78 is 10.9. The van der Waals surface area contributed by atoms with Gasteiger partial charge in [0.05, 0.1) is 17.7 Å². The molecule has 0 aromatic heterocycles. The van der Waals surface area contributed by atoms with Gasteiger partial charge in [0.2, 0.25) is 0 Å². The Balaban J connectivity index is 1.93. The Morgan fingerprint density at radius 2 is 2.10 bits per heavy atom. The number of aryl methyl sites for hydroxylation is 1. The van der Waals surface area contributed by atoms with Crippen molar-refractivity contribution in [2.75, 3.05) is 26.7 Å². The first kappa shape index (κ1) is 23.4. The first-order chi connectivity index (χ1) is 15.0. The molecule has 7 heteroatoms. The Labute approximate surface area is 188 Å². The van der Waals surface area contributed by atoms with Gasteiger partial charge >= 0.3 is 6.09 Å². The zero-order valence-electron chi connectivity index (χ0n) is 18.1. The standard InChI is InChI=1S/C24H31ClN2O4/c1-17-8-3-4-12-21(17)31-22-19(10-5-11-20(22)25)24(29,18-9-6-14-26-16-18)13-7-15-27-23(28)30-2/h3-5,8,10-12,18,26,29H,6-7,9,13-16H2,1-2H3,(H,27,28). The fourth-order valence-electron chi connectivity index (χ4n) is 4.17. The molecule has 1 saturated heterocycles. The third-order valence-electron chi connectivity index (χ3n) is 5.90. The van der Waals surface area contributed by atoms with Crippen molar-refractivity contribution in [3.63, 3.8) is 0 Å². The minimum Gasteiger partial charge on any atom is -0.455 e. The first-order valence-corrected chi connectivity index (χ1v) is 11.1. The number of hydrogen-bond acceptors (Lipinski definition) is 5. The monoisotopic (exact) mass is 446 g/mol. The van der Waals surface area contributed by atoms with Gasteiger partial charge in [-0.05, 0) is 56.8 Å². The number of alkyl carbamates (subject to hydrolysis) is 1. The number of ether oxygens (including phenoxy) is 2. The molecule has 0 radical (unpaired) electrons. The maximum Gasteiger partial charge on any atom is 0.406 e. The Hall–Kier alpha value is -2.28. The van der Waals surface area contributed by atoms with Gasteiger partial charge in [0, 0.05) is 24.6 Å². The summed E-state index contributed by atoms with van der Waals surface area (Å²) in [5, 5.41) is 18.6. The molecule has 1 aliphatic heterocycles. The molecule has 0 spiro atoms. The van der Waals surface area contributed by atoms with Gasteiger partial charge in [-0.3, -0.25) is 0 Å². The topological polar surface area (TPSA) is 79.8 Å². The Kier molecular flexibility index (Phi) is 8.18. The van der Waals surface area contributed by atoms with Gasteiger partial charge < -0.3 is 25.2 Å². The van der Waals surface area contributed by atoms with Crippen LogP contribution in [0.15, 0.2) is 42.5 Å². The number of hydrogen-bond donors (Lipinski definition) is 3. The van der Waals surface area contributed by atoms with E-state index in [1.54, 1.807) is 6.07 Å². The average Bonchev–Trinajstić information content (AvgIpc) is 2.79. The number of rotatable bonds is 8. The normalized spacial score (nSPS) is 18.1. The van der Waals surface area contributed by atoms with Crippen LogP contribution in [0.4, 0.5) is 4.79 Å². The van der Waals surface area contributed by atoms with Crippen molar-refractivity contribution in [1.29, 1.82) is 0 Å². The van der Waals surface area contributed by atoms with Gasteiger partial charge in [-0.2, -0.15) is 0 Å². The smallest absolute Gasteiger partial charge is 0.406 e. The molecule has 0 saturated carbocycles. The first-order valence-electron chi connectivity index (χ1n) is 10.7. The van der Waals surface area contributed by atoms with Crippen molar-refractivity contribution in [3.05, 3.63) is 58.6 Å². The van der Waals surface area contributed by atoms with E-state index in [2.05, 4.69) is 15.4 Å². The minimum absolute atomic E-state index is 0.00272. The number of halogens is 1. The Morgan fingerprint density at radius 3 is 2.81 bits per heavy atom. The fourth-order valence-corrected chi connectivity index (χ4v) is 4.39. The summed E-state index contributed by atoms with van der Waals surface area (Å²) in [5.41, 5.74) is 0.502. The number of aliphatic hydroxyl groups is 1. The van der Waals surface area contributed by atoms with E-state index in [1.165, 1.54) is 7.11 Å². The quantitative estimate of drug-likeness (QED) is 0.509. The molecule has 1 fully saturated rings. The van der Waals surface area contributed by atoms with Gasteiger partial charge in [-0.1, -0.05) is 41.9 Å². The molecule has 3 N–H and O–H groups in total. The predicted molar refractivity (Wildman–Crippen MR) is 122 cm³/mol. The van der Waals surface area contributed by atoms with Gasteiger partial charge in [0.1, 0.15) is 5.75 Å². The summed E-state index contributed by atoms with van der Waals surface area (Å²) >= 11 is 6.57. The highest BCUT2D eigenvalue weighted by atomic mass is 35.5. The molecule has 3 rings (SSSR count). The van der Waals surface area contributed by atoms with E-state index in [0.717, 1.165) is 24.9 Å². The highest BCUT2D eigenvalue weighted by molar-refractivity contribution is 6.32. The van der Waals surface area contributed by atoms with Gasteiger partial charge in [-0.25, -0.2) is 4.79 Å². The summed E-state index contributed by atoms with van der Waals surface area (Å²) in [5.74, 6) is 1.18. The molecule has 0 aliphatic carbocycles. The van der Waals surface area contributed by atoms with Crippen molar-refractivity contribution in [3.8, 4) is 11.5 Å². The zero-order chi connectivity index (χ0) is 22.3. The van der Waals surface area contributed by atoms with Crippen molar-refractivity contribution >= 4 is 17.7 Å². The highest BCUT2D eigenvalue weighted by Gasteiger charge is 2.41. The predicted octanol–water partition coefficient (Wildman–Crippen LogP) is 4.76. The lowest BCUT2D eigenvalue weighted by atomic mass is 9.74. The van der Waals surface area contributed by atoms with E-state index in [-0.39, 0.29) is 5.92 Å². The molecule has 168 valence electrons. The maximum absolute atomic E-state index is 12.1. The second-order valence-electron chi connectivity index (χ2n) is 7.97. The number of carbonyl (C=O) groups excluding carboxylic acids is 1. The van der Waals surface area contributed by atoms with Crippen molar-refractivity contribution in [2.45, 2.75) is 38.2 Å². The molecule has 2 atom stereocenters. The van der Waals surface area contributed by atoms with Crippen LogP contribution in [-0.4, -0.2) is 37.9 Å². The van der Waals surface area contributed by atoms with Crippen LogP contribution >= 0.6 is 11.6 Å². The van der Waals surface area contributed by atoms with E-state index in [1.807, 2.05) is 43.3 Å². The Morgan fingerprint density at radius 1 is 1.29 bits per heavy atom. The summed E-state index contributed by atoms with van der Waals surface area (Å²) in [7, 11) is 1.33. The van der Waals surface area contributed by atoms with Crippen LogP contribution < -0.4 is 15.4 Å². The average molecular weight is 447 g/mol. The number of methoxy groups -OCH3 is 1. The number of nitrogens with one attached hydrogen (secondary N) is 2. The molecule has 1 amide bonds. The molecular formula is C24H31ClN2O4. The van der Waals surface area contributed by atoms with E-state index >= 15 is 0 Å². The fraction of sp³-hybridized carbons (Fsp3) is 0.458. The lowest BCUT2D eigenvalue weighted by molar-refractivity contribution is -0.0433. The van der Waals surface area contributed by atoms with E-state index in [9.17, 15) is 9.90 Å². The lowest BCUT2D eigenvalue weighted by Gasteiger charge is -2.40. The molecule has 1 heterocycles. The lowest BCUT2D eigenvalue weighted by Crippen LogP contribution is -2.45. The van der Waals surface area contributed by atoms with Crippen LogP contribution in [-0.2, 0) is 10.3 Å². The molecule has 1 aliphatic rings. The third-order valence-corrected chi connectivity index (χ3v) is 6.20. The summed E-state index contributed by atoms with van der Waals surface area (Å²) in [6, 6.07) is 13.2. The third kappa shape index (κ3) is 5.70. The van der Waals surface area contributed by atoms with Crippen LogP contribution in [0.2, 0.25) is 5.02 Å². The number of benzene rings is 2. The van der Waals surface area contributed by atoms with E-state index in [4.69, 9.17) is 16.3 Å². The molecule has 2 aromatic carbocycles. The molecule has 31 heavy (non-hydrogen) atoms. The van der Waals surface area contributed by atoms with Crippen LogP contribution in [0.25, 0.3) is 0 Å². The number of piperidine rings is 1. The zero-order valence-corrected chi connectivity index (χ0v) is 18.9. The van der Waals surface area contributed by atoms with Crippen LogP contribution in [0.3, 0.4) is 0 Å². The molecule has 6 nitrogen and oxygen atoms in total. The highest BCUT2D eigenvalue weighted by Crippen LogP contribution is 2.46. The van der Waals surface area contributed by atoms with Gasteiger partial charge in [-0.15, -0.1) is 0 Å². The second-order valence-corrected chi connectivity index (χ2v) is 8.38. The second kappa shape index (κ2) is 10.8. The minimum atomic E-state index is -1.16. The van der Waals surface area contributed by atoms with E-state index in [0.29, 0.717) is 48.0 Å². The Bertz CT molecular complexity index is 886. The molecular weight excluding hydrogens is 416 g/mol. The molecule has 2 unspecified atom stereocenters. The number of amides is 1. The molecule has 2 aromatic rings. The summed E-state index contributed by atoms with van der Waals surface area (Å²) in [6.07, 6.45) is 2.44. The number of carbonyl (C=O) groups is 1. The SMILES string of the molecule is COC(=O)NCCCC(O)(c1cccc(Cl)c1Oc1ccccc1C)C1CCCNC1. The van der Waals surface area contributed by atoms with Crippen molar-refractivity contribution in [2.24, 2.45) is 5.92 Å².